The fourth-order valence-corrected chi connectivity index (χ4v) is 3.35. The van der Waals surface area contributed by atoms with E-state index in [0.29, 0.717) is 24.4 Å². The Balaban J connectivity index is 2.15. The molecular formula is C14H17F3N2O2S. The number of nitrogens with zero attached hydrogens (tertiary/aromatic N) is 2. The lowest BCUT2D eigenvalue weighted by Gasteiger charge is -2.26. The number of carbonyl (C=O) groups is 1. The first kappa shape index (κ1) is 17.0. The normalized spacial score (nSPS) is 19.1. The van der Waals surface area contributed by atoms with Gasteiger partial charge in [-0.15, -0.1) is 24.9 Å². The van der Waals surface area contributed by atoms with Crippen LogP contribution in [0.3, 0.4) is 0 Å². The number of hydrogen-bond donors (Lipinski definition) is 0. The topological polar surface area (TPSA) is 32.8 Å². The minimum atomic E-state index is -4.72. The lowest BCUT2D eigenvalue weighted by Crippen LogP contribution is -2.34. The Labute approximate surface area is 131 Å². The number of likely N-dealkylation sites (N-methyl/N-ethyl adjacent to an activating group) is 1. The lowest BCUT2D eigenvalue weighted by atomic mass is 10.2. The van der Waals surface area contributed by atoms with Crippen molar-refractivity contribution >= 4 is 17.7 Å². The molecule has 22 heavy (non-hydrogen) atoms. The van der Waals surface area contributed by atoms with Crippen molar-refractivity contribution in [3.8, 4) is 5.75 Å². The zero-order valence-electron chi connectivity index (χ0n) is 12.3. The maximum atomic E-state index is 12.3. The van der Waals surface area contributed by atoms with E-state index in [0.717, 1.165) is 0 Å². The van der Waals surface area contributed by atoms with E-state index in [9.17, 15) is 18.0 Å². The average molecular weight is 334 g/mol. The second kappa shape index (κ2) is 6.78. The molecule has 1 aliphatic rings. The van der Waals surface area contributed by atoms with Crippen LogP contribution >= 0.6 is 11.8 Å². The van der Waals surface area contributed by atoms with Crippen LogP contribution < -0.4 is 4.74 Å². The van der Waals surface area contributed by atoms with Crippen LogP contribution in [0.5, 0.6) is 5.75 Å². The smallest absolute Gasteiger partial charge is 0.406 e. The van der Waals surface area contributed by atoms with E-state index >= 15 is 0 Å². The van der Waals surface area contributed by atoms with E-state index in [2.05, 4.69) is 4.74 Å². The Morgan fingerprint density at radius 3 is 2.77 bits per heavy atom. The minimum absolute atomic E-state index is 0.000933. The van der Waals surface area contributed by atoms with Crippen LogP contribution in [0.2, 0.25) is 0 Å². The third kappa shape index (κ3) is 4.54. The molecule has 0 N–H and O–H groups in total. The third-order valence-corrected chi connectivity index (χ3v) is 4.39. The molecular weight excluding hydrogens is 317 g/mol. The van der Waals surface area contributed by atoms with Crippen LogP contribution in [0.1, 0.15) is 10.9 Å². The summed E-state index contributed by atoms with van der Waals surface area (Å²) < 4.78 is 40.8. The van der Waals surface area contributed by atoms with Crippen molar-refractivity contribution < 1.29 is 22.7 Å². The monoisotopic (exact) mass is 334 g/mol. The van der Waals surface area contributed by atoms with Crippen molar-refractivity contribution in [2.24, 2.45) is 0 Å². The molecule has 0 aliphatic carbocycles. The van der Waals surface area contributed by atoms with Gasteiger partial charge in [-0.25, -0.2) is 0 Å². The highest BCUT2D eigenvalue weighted by Crippen LogP contribution is 2.39. The van der Waals surface area contributed by atoms with E-state index in [4.69, 9.17) is 0 Å². The number of amides is 1. The average Bonchev–Trinajstić information content (AvgIpc) is 2.76. The van der Waals surface area contributed by atoms with Crippen LogP contribution in [-0.2, 0) is 4.79 Å². The Hall–Kier alpha value is -1.41. The highest BCUT2D eigenvalue weighted by atomic mass is 32.2. The second-order valence-corrected chi connectivity index (χ2v) is 6.24. The van der Waals surface area contributed by atoms with Gasteiger partial charge in [-0.2, -0.15) is 0 Å². The molecule has 0 saturated carbocycles. The number of rotatable bonds is 5. The summed E-state index contributed by atoms with van der Waals surface area (Å²) in [7, 11) is 3.81. The standard InChI is InChI=1S/C14H17F3N2O2S/c1-18(2)6-7-19-12(20)9-22-13(19)10-4-3-5-11(8-10)21-14(15,16)17/h3-5,8,13H,6-7,9H2,1-2H3. The van der Waals surface area contributed by atoms with Gasteiger partial charge in [0.25, 0.3) is 0 Å². The Bertz CT molecular complexity index is 537. The maximum Gasteiger partial charge on any atom is 0.573 e. The van der Waals surface area contributed by atoms with Gasteiger partial charge >= 0.3 is 6.36 Å². The summed E-state index contributed by atoms with van der Waals surface area (Å²) in [5.41, 5.74) is 0.636. The molecule has 1 unspecified atom stereocenters. The van der Waals surface area contributed by atoms with Gasteiger partial charge in [0.05, 0.1) is 5.75 Å². The first-order chi connectivity index (χ1) is 10.3. The minimum Gasteiger partial charge on any atom is -0.406 e. The van der Waals surface area contributed by atoms with Gasteiger partial charge in [-0.1, -0.05) is 12.1 Å². The predicted octanol–water partition coefficient (Wildman–Crippen LogP) is 2.72. The number of alkyl halides is 3. The summed E-state index contributed by atoms with van der Waals surface area (Å²) in [6.45, 7) is 1.23. The van der Waals surface area contributed by atoms with Crippen LogP contribution in [0.4, 0.5) is 13.2 Å². The molecule has 8 heteroatoms. The van der Waals surface area contributed by atoms with E-state index in [-0.39, 0.29) is 17.0 Å². The molecule has 1 fully saturated rings. The second-order valence-electron chi connectivity index (χ2n) is 5.17. The number of carbonyl (C=O) groups excluding carboxylic acids is 1. The van der Waals surface area contributed by atoms with E-state index in [1.807, 2.05) is 19.0 Å². The molecule has 4 nitrogen and oxygen atoms in total. The highest BCUT2D eigenvalue weighted by molar-refractivity contribution is 8.00. The van der Waals surface area contributed by atoms with Gasteiger partial charge in [0.2, 0.25) is 5.91 Å². The summed E-state index contributed by atoms with van der Waals surface area (Å²) in [6.07, 6.45) is -4.72. The lowest BCUT2D eigenvalue weighted by molar-refractivity contribution is -0.274. The van der Waals surface area contributed by atoms with Gasteiger partial charge in [-0.05, 0) is 31.8 Å². The number of hydrogen-bond acceptors (Lipinski definition) is 4. The highest BCUT2D eigenvalue weighted by Gasteiger charge is 2.34. The summed E-state index contributed by atoms with van der Waals surface area (Å²) in [6, 6.07) is 5.81. The molecule has 1 aromatic rings. The molecule has 1 amide bonds. The van der Waals surface area contributed by atoms with Crippen LogP contribution in [-0.4, -0.2) is 55.0 Å². The molecule has 1 aliphatic heterocycles. The summed E-state index contributed by atoms with van der Waals surface area (Å²) >= 11 is 1.41. The van der Waals surface area contributed by atoms with Crippen molar-refractivity contribution in [1.29, 1.82) is 0 Å². The molecule has 1 saturated heterocycles. The third-order valence-electron chi connectivity index (χ3n) is 3.13. The molecule has 1 atom stereocenters. The first-order valence-electron chi connectivity index (χ1n) is 6.68. The summed E-state index contributed by atoms with van der Waals surface area (Å²) in [5, 5.41) is -0.274. The van der Waals surface area contributed by atoms with Gasteiger partial charge in [-0.3, -0.25) is 4.79 Å². The van der Waals surface area contributed by atoms with Gasteiger partial charge in [0.15, 0.2) is 0 Å². The molecule has 0 spiro atoms. The molecule has 0 bridgehead atoms. The molecule has 0 aromatic heterocycles. The first-order valence-corrected chi connectivity index (χ1v) is 7.72. The van der Waals surface area contributed by atoms with Crippen molar-refractivity contribution in [2.75, 3.05) is 32.9 Å². The van der Waals surface area contributed by atoms with Crippen molar-refractivity contribution in [3.63, 3.8) is 0 Å². The molecule has 1 aromatic carbocycles. The zero-order chi connectivity index (χ0) is 16.3. The van der Waals surface area contributed by atoms with Crippen LogP contribution in [0.25, 0.3) is 0 Å². The van der Waals surface area contributed by atoms with Gasteiger partial charge in [0.1, 0.15) is 11.1 Å². The fraction of sp³-hybridized carbons (Fsp3) is 0.500. The zero-order valence-corrected chi connectivity index (χ0v) is 13.1. The number of thioether (sulfide) groups is 1. The molecule has 0 radical (unpaired) electrons. The van der Waals surface area contributed by atoms with Crippen LogP contribution in [0.15, 0.2) is 24.3 Å². The largest absolute Gasteiger partial charge is 0.573 e. The van der Waals surface area contributed by atoms with E-state index in [1.54, 1.807) is 11.0 Å². The quantitative estimate of drug-likeness (QED) is 0.829. The van der Waals surface area contributed by atoms with E-state index in [1.165, 1.54) is 30.0 Å². The number of benzene rings is 1. The van der Waals surface area contributed by atoms with Crippen molar-refractivity contribution in [3.05, 3.63) is 29.8 Å². The fourth-order valence-electron chi connectivity index (χ4n) is 2.15. The maximum absolute atomic E-state index is 12.3. The summed E-state index contributed by atoms with van der Waals surface area (Å²) in [4.78, 5) is 15.6. The predicted molar refractivity (Wildman–Crippen MR) is 78.6 cm³/mol. The number of ether oxygens (including phenoxy) is 1. The van der Waals surface area contributed by atoms with Crippen molar-refractivity contribution in [2.45, 2.75) is 11.7 Å². The van der Waals surface area contributed by atoms with Crippen molar-refractivity contribution in [1.82, 2.24) is 9.80 Å². The SMILES string of the molecule is CN(C)CCN1C(=O)CSC1c1cccc(OC(F)(F)F)c1. The summed E-state index contributed by atoms with van der Waals surface area (Å²) in [5.74, 6) is 0.0686. The Kier molecular flexibility index (Phi) is 5.23. The molecule has 122 valence electrons. The molecule has 2 rings (SSSR count). The Morgan fingerprint density at radius 2 is 2.14 bits per heavy atom. The molecule has 1 heterocycles. The van der Waals surface area contributed by atoms with Gasteiger partial charge in [0, 0.05) is 13.1 Å². The van der Waals surface area contributed by atoms with Crippen LogP contribution in [0, 0.1) is 0 Å². The Morgan fingerprint density at radius 1 is 1.41 bits per heavy atom. The van der Waals surface area contributed by atoms with Gasteiger partial charge < -0.3 is 14.5 Å². The van der Waals surface area contributed by atoms with E-state index < -0.39 is 6.36 Å². The number of halogens is 3.